The molecule has 0 saturated carbocycles. The predicted molar refractivity (Wildman–Crippen MR) is 231 cm³/mol. The molecule has 11 aromatic rings. The van der Waals surface area contributed by atoms with Crippen LogP contribution < -0.4 is 4.90 Å². The van der Waals surface area contributed by atoms with E-state index in [-0.39, 0.29) is 46.8 Å². The van der Waals surface area contributed by atoms with Crippen LogP contribution in [0.4, 0.5) is 17.1 Å². The van der Waals surface area contributed by atoms with Crippen LogP contribution in [0.15, 0.2) is 210 Å². The van der Waals surface area contributed by atoms with E-state index in [1.54, 1.807) is 34.9 Å². The lowest BCUT2D eigenvalue weighted by Gasteiger charge is -2.27. The van der Waals surface area contributed by atoms with Gasteiger partial charge < -0.3 is 13.9 Å². The van der Waals surface area contributed by atoms with Crippen molar-refractivity contribution in [1.29, 1.82) is 0 Å². The number of anilines is 3. The molecule has 0 fully saturated rings. The highest BCUT2D eigenvalue weighted by molar-refractivity contribution is 6.19. The molecule has 0 N–H and O–H groups in total. The lowest BCUT2D eigenvalue weighted by molar-refractivity contribution is 0.672. The monoisotopic (exact) mass is 710 g/mol. The SMILES string of the molecule is [2H]c1c([2H])c(N(c2c([2H])c([2H])c(-c3ccc(-c4ccccc4)cc3)c([2H])c2[2H])c2cccc3oc4c5ccccc5ccc4c23)c([2H])c(-n2c3ccccc3c3ccccc32)c1[2H]. The van der Waals surface area contributed by atoms with Gasteiger partial charge in [-0.25, -0.2) is 0 Å². The van der Waals surface area contributed by atoms with Crippen LogP contribution in [-0.2, 0) is 0 Å². The van der Waals surface area contributed by atoms with Crippen molar-refractivity contribution in [1.82, 2.24) is 4.57 Å². The zero-order valence-corrected chi connectivity index (χ0v) is 29.3. The molecule has 2 aromatic heterocycles. The van der Waals surface area contributed by atoms with Crippen molar-refractivity contribution in [2.24, 2.45) is 0 Å². The minimum Gasteiger partial charge on any atom is -0.455 e. The molecule has 0 atom stereocenters. The van der Waals surface area contributed by atoms with Crippen molar-refractivity contribution >= 4 is 71.6 Å². The maximum atomic E-state index is 10.1. The van der Waals surface area contributed by atoms with Crippen LogP contribution in [0.25, 0.3) is 82.5 Å². The number of hydrogen-bond acceptors (Lipinski definition) is 2. The number of hydrogen-bond donors (Lipinski definition) is 0. The zero-order chi connectivity index (χ0) is 43.3. The summed E-state index contributed by atoms with van der Waals surface area (Å²) in [4.78, 5) is 1.41. The smallest absolute Gasteiger partial charge is 0.143 e. The minimum absolute atomic E-state index is 0.0361. The van der Waals surface area contributed by atoms with Crippen molar-refractivity contribution < 1.29 is 15.4 Å². The molecule has 258 valence electrons. The lowest BCUT2D eigenvalue weighted by atomic mass is 10.00. The summed E-state index contributed by atoms with van der Waals surface area (Å²) in [7, 11) is 0. The van der Waals surface area contributed by atoms with Gasteiger partial charge >= 0.3 is 0 Å². The molecule has 2 heterocycles. The second-order valence-electron chi connectivity index (χ2n) is 13.5. The van der Waals surface area contributed by atoms with Gasteiger partial charge in [-0.15, -0.1) is 0 Å². The first-order valence-electron chi connectivity index (χ1n) is 22.1. The Hall–Kier alpha value is -7.36. The molecule has 9 aromatic carbocycles. The van der Waals surface area contributed by atoms with Crippen molar-refractivity contribution in [3.8, 4) is 27.9 Å². The Morgan fingerprint density at radius 3 is 1.84 bits per heavy atom. The van der Waals surface area contributed by atoms with E-state index in [0.29, 0.717) is 44.2 Å². The normalized spacial score (nSPS) is 13.7. The molecule has 11 rings (SSSR count). The van der Waals surface area contributed by atoms with E-state index < -0.39 is 24.2 Å². The summed E-state index contributed by atoms with van der Waals surface area (Å²) in [6.07, 6.45) is 0. The molecule has 0 saturated heterocycles. The van der Waals surface area contributed by atoms with Gasteiger partial charge in [-0.3, -0.25) is 0 Å². The van der Waals surface area contributed by atoms with Crippen LogP contribution in [0.1, 0.15) is 11.0 Å². The van der Waals surface area contributed by atoms with E-state index in [9.17, 15) is 11.0 Å². The Morgan fingerprint density at radius 2 is 1.09 bits per heavy atom. The number of para-hydroxylation sites is 2. The van der Waals surface area contributed by atoms with Crippen LogP contribution in [0.3, 0.4) is 0 Å². The second-order valence-corrected chi connectivity index (χ2v) is 13.5. The molecule has 0 radical (unpaired) electrons. The van der Waals surface area contributed by atoms with Gasteiger partial charge in [0.1, 0.15) is 11.2 Å². The van der Waals surface area contributed by atoms with Crippen LogP contribution in [0, 0.1) is 0 Å². The molecule has 0 spiro atoms. The van der Waals surface area contributed by atoms with Crippen LogP contribution in [0.5, 0.6) is 0 Å². The standard InChI is InChI=1S/C52H34N2O/c1-2-12-35(13-3-1)36-24-26-37(27-25-36)38-28-31-40(32-29-38)53(49-22-11-23-50-51(49)46-33-30-39-14-4-5-17-43(39)52(46)55-50)41-15-10-16-42(34-41)54-47-20-8-6-18-44(47)45-19-7-9-21-48(45)54/h1-34H/i10D,15D,16D,28D,29D,31D,32D,34D. The van der Waals surface area contributed by atoms with Gasteiger partial charge in [0.25, 0.3) is 0 Å². The third kappa shape index (κ3) is 5.13. The summed E-state index contributed by atoms with van der Waals surface area (Å²) in [6.45, 7) is 0. The van der Waals surface area contributed by atoms with Gasteiger partial charge in [0.15, 0.2) is 0 Å². The zero-order valence-electron chi connectivity index (χ0n) is 37.3. The van der Waals surface area contributed by atoms with E-state index in [1.165, 1.54) is 4.90 Å². The van der Waals surface area contributed by atoms with Crippen molar-refractivity contribution in [2.75, 3.05) is 4.90 Å². The molecule has 0 bridgehead atoms. The number of furan rings is 1. The topological polar surface area (TPSA) is 21.3 Å². The molecule has 0 unspecified atom stereocenters. The fourth-order valence-corrected chi connectivity index (χ4v) is 7.81. The Labute approximate surface area is 329 Å². The van der Waals surface area contributed by atoms with Gasteiger partial charge in [-0.2, -0.15) is 0 Å². The second kappa shape index (κ2) is 12.6. The molecule has 0 aliphatic carbocycles. The largest absolute Gasteiger partial charge is 0.455 e. The molecule has 0 aliphatic rings. The third-order valence-electron chi connectivity index (χ3n) is 10.3. The first-order chi connectivity index (χ1) is 30.6. The van der Waals surface area contributed by atoms with Crippen LogP contribution in [0.2, 0.25) is 0 Å². The molecular weight excluding hydrogens is 669 g/mol. The van der Waals surface area contributed by atoms with Crippen molar-refractivity contribution in [2.45, 2.75) is 0 Å². The van der Waals surface area contributed by atoms with Gasteiger partial charge in [0.05, 0.1) is 33.1 Å². The third-order valence-corrected chi connectivity index (χ3v) is 10.3. The van der Waals surface area contributed by atoms with Crippen LogP contribution in [-0.4, -0.2) is 4.57 Å². The van der Waals surface area contributed by atoms with E-state index in [1.807, 2.05) is 127 Å². The van der Waals surface area contributed by atoms with E-state index in [2.05, 4.69) is 0 Å². The molecular formula is C52H34N2O. The number of rotatable bonds is 6. The summed E-state index contributed by atoms with van der Waals surface area (Å²) in [5, 5.41) is 4.81. The average molecular weight is 711 g/mol. The van der Waals surface area contributed by atoms with Crippen LogP contribution >= 0.6 is 0 Å². The summed E-state index contributed by atoms with van der Waals surface area (Å²) in [6, 6.07) is 46.4. The number of aromatic nitrogens is 1. The Bertz CT molecular complexity index is 3590. The summed E-state index contributed by atoms with van der Waals surface area (Å²) in [5.74, 6) is 0. The summed E-state index contributed by atoms with van der Waals surface area (Å²) >= 11 is 0. The Balaban J connectivity index is 1.23. The minimum atomic E-state index is -0.484. The fraction of sp³-hybridized carbons (Fsp3) is 0. The van der Waals surface area contributed by atoms with Gasteiger partial charge in [-0.1, -0.05) is 146 Å². The average Bonchev–Trinajstić information content (AvgIpc) is 3.87. The van der Waals surface area contributed by atoms with Gasteiger partial charge in [0.2, 0.25) is 0 Å². The first kappa shape index (κ1) is 24.1. The number of nitrogens with zero attached hydrogens (tertiary/aromatic N) is 2. The molecule has 0 aliphatic heterocycles. The molecule has 3 heteroatoms. The number of benzene rings is 9. The highest BCUT2D eigenvalue weighted by Gasteiger charge is 2.21. The van der Waals surface area contributed by atoms with Gasteiger partial charge in [0, 0.05) is 38.6 Å². The maximum absolute atomic E-state index is 10.1. The predicted octanol–water partition coefficient (Wildman–Crippen LogP) is 14.6. The summed E-state index contributed by atoms with van der Waals surface area (Å²) in [5.41, 5.74) is 4.89. The molecule has 3 nitrogen and oxygen atoms in total. The molecule has 0 amide bonds. The van der Waals surface area contributed by atoms with E-state index in [0.717, 1.165) is 32.7 Å². The Kier molecular flexibility index (Phi) is 5.53. The quantitative estimate of drug-likeness (QED) is 0.171. The highest BCUT2D eigenvalue weighted by Crippen LogP contribution is 2.45. The fourth-order valence-electron chi connectivity index (χ4n) is 7.81. The number of fused-ring (bicyclic) bond motifs is 8. The van der Waals surface area contributed by atoms with Crippen molar-refractivity contribution in [3.05, 3.63) is 206 Å². The van der Waals surface area contributed by atoms with Crippen molar-refractivity contribution in [3.63, 3.8) is 0 Å². The van der Waals surface area contributed by atoms with E-state index >= 15 is 0 Å². The lowest BCUT2D eigenvalue weighted by Crippen LogP contribution is -2.11. The van der Waals surface area contributed by atoms with E-state index in [4.69, 9.17) is 4.42 Å². The summed E-state index contributed by atoms with van der Waals surface area (Å²) < 4.78 is 85.3. The highest BCUT2D eigenvalue weighted by atomic mass is 16.3. The Morgan fingerprint density at radius 1 is 0.455 bits per heavy atom. The first-order valence-corrected chi connectivity index (χ1v) is 18.1. The maximum Gasteiger partial charge on any atom is 0.143 e. The van der Waals surface area contributed by atoms with Gasteiger partial charge in [-0.05, 0) is 88.2 Å². The molecule has 55 heavy (non-hydrogen) atoms.